The van der Waals surface area contributed by atoms with E-state index in [9.17, 15) is 18.0 Å². The van der Waals surface area contributed by atoms with E-state index in [1.54, 1.807) is 36.1 Å². The molecule has 4 aromatic rings. The van der Waals surface area contributed by atoms with Crippen molar-refractivity contribution >= 4 is 40.1 Å². The second kappa shape index (κ2) is 9.58. The molecule has 12 heteroatoms. The van der Waals surface area contributed by atoms with Crippen LogP contribution in [0.5, 0.6) is 0 Å². The number of fused-ring (bicyclic) bond motifs is 1. The predicted octanol–water partition coefficient (Wildman–Crippen LogP) is 4.06. The molecule has 0 atom stereocenters. The van der Waals surface area contributed by atoms with Crippen molar-refractivity contribution in [2.45, 2.75) is 13.1 Å². The summed E-state index contributed by atoms with van der Waals surface area (Å²) in [5.41, 5.74) is 7.05. The van der Waals surface area contributed by atoms with Crippen molar-refractivity contribution in [3.8, 4) is 0 Å². The highest BCUT2D eigenvalue weighted by Crippen LogP contribution is 2.31. The highest BCUT2D eigenvalue weighted by Gasteiger charge is 2.30. The van der Waals surface area contributed by atoms with E-state index in [1.807, 2.05) is 6.92 Å². The average molecular weight is 484 g/mol. The van der Waals surface area contributed by atoms with Crippen molar-refractivity contribution < 1.29 is 18.0 Å². The SMILES string of the molecule is Cc1ccc(NC(=O)c2cccc(C(F)(F)F)c2)cc1Nc1nn(C)c2nc(NCCN)ncc12. The van der Waals surface area contributed by atoms with Gasteiger partial charge in [0.1, 0.15) is 0 Å². The molecule has 9 nitrogen and oxygen atoms in total. The highest BCUT2D eigenvalue weighted by molar-refractivity contribution is 6.04. The maximum atomic E-state index is 13.0. The molecule has 5 N–H and O–H groups in total. The first-order chi connectivity index (χ1) is 16.7. The highest BCUT2D eigenvalue weighted by atomic mass is 19.4. The van der Waals surface area contributed by atoms with Gasteiger partial charge in [-0.15, -0.1) is 0 Å². The molecule has 1 amide bonds. The lowest BCUT2D eigenvalue weighted by atomic mass is 10.1. The van der Waals surface area contributed by atoms with Crippen molar-refractivity contribution in [3.05, 3.63) is 65.4 Å². The van der Waals surface area contributed by atoms with Crippen LogP contribution in [0.2, 0.25) is 0 Å². The summed E-state index contributed by atoms with van der Waals surface area (Å²) in [7, 11) is 1.76. The second-order valence-electron chi connectivity index (χ2n) is 7.81. The number of nitrogens with two attached hydrogens (primary N) is 1. The number of hydrogen-bond donors (Lipinski definition) is 4. The van der Waals surface area contributed by atoms with Crippen molar-refractivity contribution in [3.63, 3.8) is 0 Å². The standard InChI is InChI=1S/C23H23F3N8O/c1-13-6-7-16(30-21(35)14-4-3-5-15(10-14)23(24,25)26)11-18(13)31-19-17-12-29-22(28-9-8-27)32-20(17)34(2)33-19/h3-7,10-12H,8-9,27H2,1-2H3,(H,30,35)(H,31,33)(H,28,29,32). The molecule has 182 valence electrons. The summed E-state index contributed by atoms with van der Waals surface area (Å²) in [4.78, 5) is 21.3. The van der Waals surface area contributed by atoms with Crippen molar-refractivity contribution in [2.24, 2.45) is 12.8 Å². The minimum atomic E-state index is -4.53. The van der Waals surface area contributed by atoms with Crippen LogP contribution in [0.3, 0.4) is 0 Å². The van der Waals surface area contributed by atoms with Gasteiger partial charge in [-0.2, -0.15) is 23.3 Å². The van der Waals surface area contributed by atoms with Gasteiger partial charge in [0.05, 0.1) is 10.9 Å². The van der Waals surface area contributed by atoms with Crippen LogP contribution in [0.1, 0.15) is 21.5 Å². The third kappa shape index (κ3) is 5.32. The van der Waals surface area contributed by atoms with Crippen LogP contribution in [0.15, 0.2) is 48.7 Å². The lowest BCUT2D eigenvalue weighted by Gasteiger charge is -2.12. The quantitative estimate of drug-likeness (QED) is 0.312. The number of nitrogens with one attached hydrogen (secondary N) is 3. The Hall–Kier alpha value is -4.19. The number of anilines is 4. The zero-order valence-corrected chi connectivity index (χ0v) is 18.9. The Kier molecular flexibility index (Phi) is 6.56. The molecule has 0 unspecified atom stereocenters. The van der Waals surface area contributed by atoms with Crippen molar-refractivity contribution in [1.82, 2.24) is 19.7 Å². The van der Waals surface area contributed by atoms with Gasteiger partial charge >= 0.3 is 6.18 Å². The van der Waals surface area contributed by atoms with Gasteiger partial charge in [-0.05, 0) is 42.8 Å². The Bertz CT molecular complexity index is 1380. The summed E-state index contributed by atoms with van der Waals surface area (Å²) >= 11 is 0. The fraction of sp³-hybridized carbons (Fsp3) is 0.217. The molecule has 0 bridgehead atoms. The Balaban J connectivity index is 1.56. The number of amides is 1. The van der Waals surface area contributed by atoms with Gasteiger partial charge in [0, 0.05) is 43.3 Å². The minimum absolute atomic E-state index is 0.0955. The van der Waals surface area contributed by atoms with Gasteiger partial charge in [0.25, 0.3) is 5.91 Å². The lowest BCUT2D eigenvalue weighted by Crippen LogP contribution is -2.14. The summed E-state index contributed by atoms with van der Waals surface area (Å²) in [5, 5.41) is 14.1. The lowest BCUT2D eigenvalue weighted by molar-refractivity contribution is -0.137. The number of benzene rings is 2. The van der Waals surface area contributed by atoms with Crippen molar-refractivity contribution in [1.29, 1.82) is 0 Å². The zero-order valence-electron chi connectivity index (χ0n) is 18.9. The summed E-state index contributed by atoms with van der Waals surface area (Å²) in [5.74, 6) is 0.297. The van der Waals surface area contributed by atoms with E-state index in [-0.39, 0.29) is 5.56 Å². The number of hydrogen-bond acceptors (Lipinski definition) is 7. The molecule has 2 aromatic carbocycles. The number of nitrogens with zero attached hydrogens (tertiary/aromatic N) is 4. The molecule has 0 radical (unpaired) electrons. The number of aromatic nitrogens is 4. The average Bonchev–Trinajstić information content (AvgIpc) is 3.14. The van der Waals surface area contributed by atoms with E-state index in [1.165, 1.54) is 12.1 Å². The Morgan fingerprint density at radius 1 is 1.17 bits per heavy atom. The Labute approximate surface area is 198 Å². The number of carbonyl (C=O) groups excluding carboxylic acids is 1. The van der Waals surface area contributed by atoms with Gasteiger partial charge in [0.2, 0.25) is 5.95 Å². The fourth-order valence-corrected chi connectivity index (χ4v) is 3.40. The maximum Gasteiger partial charge on any atom is 0.416 e. The number of aryl methyl sites for hydroxylation is 2. The summed E-state index contributed by atoms with van der Waals surface area (Å²) in [6.07, 6.45) is -2.89. The van der Waals surface area contributed by atoms with Gasteiger partial charge < -0.3 is 21.7 Å². The topological polar surface area (TPSA) is 123 Å². The van der Waals surface area contributed by atoms with Crippen LogP contribution >= 0.6 is 0 Å². The molecule has 0 spiro atoms. The van der Waals surface area contributed by atoms with Crippen LogP contribution < -0.4 is 21.7 Å². The molecule has 0 fully saturated rings. The number of carbonyl (C=O) groups is 1. The molecule has 35 heavy (non-hydrogen) atoms. The number of rotatable bonds is 7. The van der Waals surface area contributed by atoms with E-state index in [2.05, 4.69) is 31.0 Å². The normalized spacial score (nSPS) is 11.5. The van der Waals surface area contributed by atoms with Gasteiger partial charge in [-0.25, -0.2) is 9.67 Å². The number of halogens is 3. The number of alkyl halides is 3. The molecule has 2 heterocycles. The molecule has 0 aliphatic rings. The molecular weight excluding hydrogens is 461 g/mol. The Morgan fingerprint density at radius 3 is 2.71 bits per heavy atom. The first-order valence-electron chi connectivity index (χ1n) is 10.7. The van der Waals surface area contributed by atoms with Gasteiger partial charge in [-0.3, -0.25) is 4.79 Å². The van der Waals surface area contributed by atoms with E-state index < -0.39 is 17.6 Å². The summed E-state index contributed by atoms with van der Waals surface area (Å²) in [6, 6.07) is 9.39. The van der Waals surface area contributed by atoms with E-state index in [0.717, 1.165) is 17.7 Å². The van der Waals surface area contributed by atoms with Gasteiger partial charge in [0.15, 0.2) is 11.5 Å². The van der Waals surface area contributed by atoms with Crippen LogP contribution in [0.25, 0.3) is 11.0 Å². The van der Waals surface area contributed by atoms with Crippen LogP contribution in [-0.4, -0.2) is 38.7 Å². The van der Waals surface area contributed by atoms with Crippen LogP contribution in [-0.2, 0) is 13.2 Å². The van der Waals surface area contributed by atoms with Gasteiger partial charge in [-0.1, -0.05) is 12.1 Å². The monoisotopic (exact) mass is 484 g/mol. The van der Waals surface area contributed by atoms with E-state index >= 15 is 0 Å². The summed E-state index contributed by atoms with van der Waals surface area (Å²) in [6.45, 7) is 2.85. The maximum absolute atomic E-state index is 13.0. The molecular formula is C23H23F3N8O. The smallest absolute Gasteiger partial charge is 0.353 e. The zero-order chi connectivity index (χ0) is 25.2. The third-order valence-corrected chi connectivity index (χ3v) is 5.21. The van der Waals surface area contributed by atoms with Crippen LogP contribution in [0, 0.1) is 6.92 Å². The van der Waals surface area contributed by atoms with Crippen LogP contribution in [0.4, 0.5) is 36.3 Å². The second-order valence-corrected chi connectivity index (χ2v) is 7.81. The molecule has 0 saturated heterocycles. The first kappa shape index (κ1) is 24.0. The predicted molar refractivity (Wildman–Crippen MR) is 128 cm³/mol. The summed E-state index contributed by atoms with van der Waals surface area (Å²) < 4.78 is 40.6. The minimum Gasteiger partial charge on any atom is -0.353 e. The molecule has 0 aliphatic carbocycles. The largest absolute Gasteiger partial charge is 0.416 e. The molecule has 0 saturated carbocycles. The molecule has 4 rings (SSSR count). The van der Waals surface area contributed by atoms with E-state index in [4.69, 9.17) is 5.73 Å². The molecule has 0 aliphatic heterocycles. The molecule has 2 aromatic heterocycles. The Morgan fingerprint density at radius 2 is 1.97 bits per heavy atom. The van der Waals surface area contributed by atoms with Crippen molar-refractivity contribution in [2.75, 3.05) is 29.0 Å². The van der Waals surface area contributed by atoms with E-state index in [0.29, 0.717) is 47.3 Å². The first-order valence-corrected chi connectivity index (χ1v) is 10.7. The third-order valence-electron chi connectivity index (χ3n) is 5.21. The fourth-order valence-electron chi connectivity index (χ4n) is 3.40.